The zero-order valence-corrected chi connectivity index (χ0v) is 13.3. The van der Waals surface area contributed by atoms with Crippen LogP contribution in [-0.2, 0) is 6.54 Å². The average molecular weight is 300 g/mol. The zero-order chi connectivity index (χ0) is 15.6. The number of pyridine rings is 1. The van der Waals surface area contributed by atoms with Crippen molar-refractivity contribution in [2.24, 2.45) is 5.41 Å². The number of nitrogens with zero attached hydrogens (tertiary/aromatic N) is 3. The summed E-state index contributed by atoms with van der Waals surface area (Å²) in [6.45, 7) is 6.06. The molecule has 1 fully saturated rings. The van der Waals surface area contributed by atoms with Gasteiger partial charge in [-0.25, -0.2) is 9.67 Å². The van der Waals surface area contributed by atoms with E-state index in [9.17, 15) is 5.11 Å². The molecule has 2 aromatic heterocycles. The van der Waals surface area contributed by atoms with Gasteiger partial charge in [0.05, 0.1) is 5.69 Å². The molecular formula is C17H24N4O. The smallest absolute Gasteiger partial charge is 0.153 e. The van der Waals surface area contributed by atoms with Crippen LogP contribution in [0.2, 0.25) is 0 Å². The molecule has 2 aromatic rings. The molecule has 22 heavy (non-hydrogen) atoms. The Kier molecular flexibility index (Phi) is 4.27. The third-order valence-corrected chi connectivity index (χ3v) is 4.86. The molecule has 1 saturated carbocycles. The Morgan fingerprint density at radius 2 is 2.14 bits per heavy atom. The minimum atomic E-state index is 0.110. The van der Waals surface area contributed by atoms with Crippen LogP contribution in [0.1, 0.15) is 36.2 Å². The number of aromatic nitrogens is 3. The maximum absolute atomic E-state index is 9.53. The average Bonchev–Trinajstić information content (AvgIpc) is 2.78. The van der Waals surface area contributed by atoms with E-state index < -0.39 is 0 Å². The van der Waals surface area contributed by atoms with Gasteiger partial charge in [0.1, 0.15) is 0 Å². The Balaban J connectivity index is 1.71. The fraction of sp³-hybridized carbons (Fsp3) is 0.529. The first-order valence-corrected chi connectivity index (χ1v) is 7.93. The molecule has 2 heterocycles. The summed E-state index contributed by atoms with van der Waals surface area (Å²) in [4.78, 5) is 4.37. The lowest BCUT2D eigenvalue weighted by Crippen LogP contribution is -2.42. The van der Waals surface area contributed by atoms with E-state index in [0.717, 1.165) is 43.1 Å². The van der Waals surface area contributed by atoms with Crippen LogP contribution in [0.15, 0.2) is 24.4 Å². The first kappa shape index (κ1) is 15.2. The van der Waals surface area contributed by atoms with Gasteiger partial charge in [0.2, 0.25) is 0 Å². The molecule has 5 nitrogen and oxygen atoms in total. The highest BCUT2D eigenvalue weighted by molar-refractivity contribution is 5.32. The molecule has 0 aliphatic heterocycles. The highest BCUT2D eigenvalue weighted by Gasteiger charge is 2.35. The Morgan fingerprint density at radius 3 is 2.73 bits per heavy atom. The van der Waals surface area contributed by atoms with Crippen molar-refractivity contribution in [1.29, 1.82) is 0 Å². The minimum absolute atomic E-state index is 0.110. The van der Waals surface area contributed by atoms with Crippen molar-refractivity contribution < 1.29 is 5.11 Å². The molecule has 0 saturated heterocycles. The topological polar surface area (TPSA) is 63.0 Å². The van der Waals surface area contributed by atoms with Crippen LogP contribution < -0.4 is 5.32 Å². The van der Waals surface area contributed by atoms with Gasteiger partial charge in [-0.15, -0.1) is 0 Å². The summed E-state index contributed by atoms with van der Waals surface area (Å²) in [6, 6.07) is 5.84. The number of nitrogens with one attached hydrogen (secondary N) is 1. The Hall–Kier alpha value is -1.72. The lowest BCUT2D eigenvalue weighted by molar-refractivity contribution is 0.0445. The molecule has 1 aliphatic rings. The third kappa shape index (κ3) is 2.78. The predicted octanol–water partition coefficient (Wildman–Crippen LogP) is 2.14. The highest BCUT2D eigenvalue weighted by atomic mass is 16.3. The van der Waals surface area contributed by atoms with Crippen molar-refractivity contribution in [2.45, 2.75) is 39.7 Å². The minimum Gasteiger partial charge on any atom is -0.396 e. The van der Waals surface area contributed by atoms with E-state index in [2.05, 4.69) is 22.3 Å². The van der Waals surface area contributed by atoms with Gasteiger partial charge in [-0.3, -0.25) is 0 Å². The summed E-state index contributed by atoms with van der Waals surface area (Å²) in [6.07, 6.45) is 5.27. The van der Waals surface area contributed by atoms with E-state index in [4.69, 9.17) is 0 Å². The standard InChI is InChI=1S/C17H24N4O/c1-13-15(10-18-11-17(12-22)7-5-8-17)14(2)21(20-13)16-6-3-4-9-19-16/h3-4,6,9,18,22H,5,7-8,10-12H2,1-2H3. The van der Waals surface area contributed by atoms with E-state index in [1.165, 1.54) is 12.0 Å². The fourth-order valence-electron chi connectivity index (χ4n) is 3.15. The van der Waals surface area contributed by atoms with Crippen molar-refractivity contribution >= 4 is 0 Å². The Bertz CT molecular complexity index is 626. The second-order valence-electron chi connectivity index (χ2n) is 6.36. The molecule has 2 N–H and O–H groups in total. The normalized spacial score (nSPS) is 16.5. The number of aliphatic hydroxyl groups excluding tert-OH is 1. The highest BCUT2D eigenvalue weighted by Crippen LogP contribution is 2.39. The molecule has 0 atom stereocenters. The molecule has 118 valence electrons. The fourth-order valence-corrected chi connectivity index (χ4v) is 3.15. The molecule has 0 amide bonds. The van der Waals surface area contributed by atoms with Crippen molar-refractivity contribution in [3.8, 4) is 5.82 Å². The molecule has 0 spiro atoms. The zero-order valence-electron chi connectivity index (χ0n) is 13.3. The molecule has 1 aliphatic carbocycles. The van der Waals surface area contributed by atoms with Gasteiger partial charge in [0.25, 0.3) is 0 Å². The number of hydrogen-bond acceptors (Lipinski definition) is 4. The van der Waals surface area contributed by atoms with Crippen molar-refractivity contribution in [3.05, 3.63) is 41.3 Å². The van der Waals surface area contributed by atoms with Gasteiger partial charge in [-0.1, -0.05) is 12.5 Å². The summed E-state index contributed by atoms with van der Waals surface area (Å²) in [5.74, 6) is 0.847. The van der Waals surface area contributed by atoms with Crippen molar-refractivity contribution in [3.63, 3.8) is 0 Å². The van der Waals surface area contributed by atoms with Gasteiger partial charge in [-0.05, 0) is 38.8 Å². The van der Waals surface area contributed by atoms with Gasteiger partial charge < -0.3 is 10.4 Å². The lowest BCUT2D eigenvalue weighted by Gasteiger charge is -2.40. The summed E-state index contributed by atoms with van der Waals surface area (Å²) in [5.41, 5.74) is 3.48. The quantitative estimate of drug-likeness (QED) is 0.858. The Labute approximate surface area is 131 Å². The lowest BCUT2D eigenvalue weighted by atomic mass is 9.69. The van der Waals surface area contributed by atoms with Crippen molar-refractivity contribution in [2.75, 3.05) is 13.2 Å². The van der Waals surface area contributed by atoms with Crippen LogP contribution in [0, 0.1) is 19.3 Å². The molecule has 0 bridgehead atoms. The van der Waals surface area contributed by atoms with Crippen LogP contribution >= 0.6 is 0 Å². The van der Waals surface area contributed by atoms with E-state index >= 15 is 0 Å². The number of aryl methyl sites for hydroxylation is 1. The third-order valence-electron chi connectivity index (χ3n) is 4.86. The molecule has 0 unspecified atom stereocenters. The number of aliphatic hydroxyl groups is 1. The van der Waals surface area contributed by atoms with Crippen LogP contribution in [0.3, 0.4) is 0 Å². The van der Waals surface area contributed by atoms with E-state index in [1.807, 2.05) is 29.8 Å². The maximum Gasteiger partial charge on any atom is 0.153 e. The number of hydrogen-bond donors (Lipinski definition) is 2. The van der Waals surface area contributed by atoms with Crippen molar-refractivity contribution in [1.82, 2.24) is 20.1 Å². The maximum atomic E-state index is 9.53. The van der Waals surface area contributed by atoms with Gasteiger partial charge >= 0.3 is 0 Å². The summed E-state index contributed by atoms with van der Waals surface area (Å²) in [5, 5.41) is 17.7. The van der Waals surface area contributed by atoms with Crippen LogP contribution in [0.25, 0.3) is 5.82 Å². The largest absolute Gasteiger partial charge is 0.396 e. The van der Waals surface area contributed by atoms with Gasteiger partial charge in [0, 0.05) is 42.6 Å². The molecule has 3 rings (SSSR count). The molecule has 0 aromatic carbocycles. The summed E-state index contributed by atoms with van der Waals surface area (Å²) >= 11 is 0. The SMILES string of the molecule is Cc1nn(-c2ccccn2)c(C)c1CNCC1(CO)CCC1. The van der Waals surface area contributed by atoms with Gasteiger partial charge in [-0.2, -0.15) is 5.10 Å². The van der Waals surface area contributed by atoms with E-state index in [0.29, 0.717) is 0 Å². The molecule has 5 heteroatoms. The van der Waals surface area contributed by atoms with Crippen LogP contribution in [0.4, 0.5) is 0 Å². The van der Waals surface area contributed by atoms with Gasteiger partial charge in [0.15, 0.2) is 5.82 Å². The molecule has 0 radical (unpaired) electrons. The monoisotopic (exact) mass is 300 g/mol. The molecular weight excluding hydrogens is 276 g/mol. The first-order chi connectivity index (χ1) is 10.7. The predicted molar refractivity (Wildman–Crippen MR) is 85.9 cm³/mol. The van der Waals surface area contributed by atoms with E-state index in [1.54, 1.807) is 6.20 Å². The number of rotatable bonds is 6. The second-order valence-corrected chi connectivity index (χ2v) is 6.36. The summed E-state index contributed by atoms with van der Waals surface area (Å²) < 4.78 is 1.90. The van der Waals surface area contributed by atoms with Crippen LogP contribution in [0.5, 0.6) is 0 Å². The first-order valence-electron chi connectivity index (χ1n) is 7.93. The van der Waals surface area contributed by atoms with E-state index in [-0.39, 0.29) is 12.0 Å². The summed E-state index contributed by atoms with van der Waals surface area (Å²) in [7, 11) is 0. The van der Waals surface area contributed by atoms with Crippen LogP contribution in [-0.4, -0.2) is 33.0 Å². The second kappa shape index (κ2) is 6.18. The Morgan fingerprint density at radius 1 is 1.32 bits per heavy atom.